The Morgan fingerprint density at radius 1 is 1.07 bits per heavy atom. The van der Waals surface area contributed by atoms with Crippen LogP contribution in [0.1, 0.15) is 0 Å². The third-order valence-electron chi connectivity index (χ3n) is 1.51. The van der Waals surface area contributed by atoms with Gasteiger partial charge in [-0.25, -0.2) is 4.79 Å². The van der Waals surface area contributed by atoms with Gasteiger partial charge in [0.15, 0.2) is 6.10 Å². The highest BCUT2D eigenvalue weighted by molar-refractivity contribution is 5.72. The number of aliphatic hydroxyl groups is 5. The first-order valence-electron chi connectivity index (χ1n) is 3.47. The summed E-state index contributed by atoms with van der Waals surface area (Å²) in [5, 5.41) is 51.8. The van der Waals surface area contributed by atoms with E-state index in [4.69, 9.17) is 30.6 Å². The maximum absolute atomic E-state index is 10.1. The minimum atomic E-state index is -2.20. The Bertz CT molecular complexity index is 176. The molecular weight excluding hydrogens is 198 g/mol. The lowest BCUT2D eigenvalue weighted by molar-refractivity contribution is -0.164. The zero-order chi connectivity index (χ0) is 10.6. The molecule has 0 aliphatic carbocycles. The monoisotopic (exact) mass is 213 g/mol. The van der Waals surface area contributed by atoms with E-state index in [1.54, 1.807) is 0 Å². The second-order valence-electron chi connectivity index (χ2n) is 2.51. The highest BCUT2D eigenvalue weighted by atomic mass is 16.4. The van der Waals surface area contributed by atoms with Gasteiger partial charge in [0, 0.05) is 0 Å². The van der Waals surface area contributed by atoms with E-state index >= 15 is 0 Å². The molecule has 0 aromatic rings. The molecule has 0 spiro atoms. The van der Waals surface area contributed by atoms with Crippen molar-refractivity contribution in [2.45, 2.75) is 24.4 Å². The molecule has 0 bridgehead atoms. The smallest absolute Gasteiger partial charge is 0.335 e. The summed E-state index contributed by atoms with van der Waals surface area (Å²) in [7, 11) is 0. The fourth-order valence-corrected chi connectivity index (χ4v) is 0.668. The van der Waals surface area contributed by atoms with Crippen LogP contribution < -0.4 is 6.15 Å². The number of carbonyl (C=O) groups is 1. The average molecular weight is 213 g/mol. The van der Waals surface area contributed by atoms with Crippen molar-refractivity contribution in [1.29, 1.82) is 0 Å². The van der Waals surface area contributed by atoms with Crippen LogP contribution in [0, 0.1) is 0 Å². The third-order valence-corrected chi connectivity index (χ3v) is 1.51. The fraction of sp³-hybridized carbons (Fsp3) is 0.833. The maximum atomic E-state index is 10.1. The quantitative estimate of drug-likeness (QED) is 0.248. The lowest BCUT2D eigenvalue weighted by atomic mass is 10.0. The Balaban J connectivity index is 0. The summed E-state index contributed by atoms with van der Waals surface area (Å²) in [6.07, 6.45) is -7.84. The summed E-state index contributed by atoms with van der Waals surface area (Å²) in [6, 6.07) is 0. The number of rotatable bonds is 5. The van der Waals surface area contributed by atoms with Crippen molar-refractivity contribution in [2.75, 3.05) is 6.61 Å². The second-order valence-corrected chi connectivity index (χ2v) is 2.51. The summed E-state index contributed by atoms with van der Waals surface area (Å²) >= 11 is 0. The molecule has 0 aromatic carbocycles. The van der Waals surface area contributed by atoms with Gasteiger partial charge in [0.05, 0.1) is 6.61 Å². The van der Waals surface area contributed by atoms with E-state index in [-0.39, 0.29) is 6.15 Å². The Hall–Kier alpha value is -0.770. The van der Waals surface area contributed by atoms with Crippen LogP contribution in [0.15, 0.2) is 0 Å². The molecule has 0 saturated heterocycles. The van der Waals surface area contributed by atoms with Crippen LogP contribution in [0.3, 0.4) is 0 Å². The summed E-state index contributed by atoms with van der Waals surface area (Å²) in [4.78, 5) is 10.1. The predicted octanol–water partition coefficient (Wildman–Crippen LogP) is -3.33. The summed E-state index contributed by atoms with van der Waals surface area (Å²) in [5.74, 6) is -1.73. The minimum absolute atomic E-state index is 0. The molecule has 0 radical (unpaired) electrons. The highest BCUT2D eigenvalue weighted by Gasteiger charge is 2.33. The van der Waals surface area contributed by atoms with Crippen LogP contribution in [0.4, 0.5) is 0 Å². The zero-order valence-electron chi connectivity index (χ0n) is 7.32. The number of aliphatic carboxylic acids is 1. The standard InChI is InChI=1S/C6H12O7.H3N/c7-1-2(8)3(9)4(10)5(11)6(12)13;/h2-5,7-11H,1H2,(H,12,13);1H3. The van der Waals surface area contributed by atoms with Crippen molar-refractivity contribution < 1.29 is 35.4 Å². The molecule has 0 heterocycles. The van der Waals surface area contributed by atoms with Crippen LogP contribution in [0.25, 0.3) is 0 Å². The Labute approximate surface area is 79.6 Å². The first-order valence-corrected chi connectivity index (χ1v) is 3.47. The van der Waals surface area contributed by atoms with Crippen LogP contribution >= 0.6 is 0 Å². The number of hydrogen-bond acceptors (Lipinski definition) is 7. The molecule has 0 saturated carbocycles. The van der Waals surface area contributed by atoms with Gasteiger partial charge in [-0.2, -0.15) is 0 Å². The molecule has 0 rings (SSSR count). The molecule has 0 aliphatic heterocycles. The fourth-order valence-electron chi connectivity index (χ4n) is 0.668. The molecule has 4 atom stereocenters. The molecule has 8 nitrogen and oxygen atoms in total. The number of carboxylic acid groups (broad SMARTS) is 1. The van der Waals surface area contributed by atoms with Crippen LogP contribution in [0.5, 0.6) is 0 Å². The zero-order valence-corrected chi connectivity index (χ0v) is 7.32. The molecule has 0 amide bonds. The molecule has 0 fully saturated rings. The van der Waals surface area contributed by atoms with E-state index in [9.17, 15) is 4.79 Å². The normalized spacial score (nSPS) is 18.9. The van der Waals surface area contributed by atoms with Gasteiger partial charge in [-0.1, -0.05) is 0 Å². The van der Waals surface area contributed by atoms with Crippen LogP contribution in [-0.2, 0) is 4.79 Å². The van der Waals surface area contributed by atoms with Crippen LogP contribution in [0.2, 0.25) is 0 Å². The van der Waals surface area contributed by atoms with Crippen molar-refractivity contribution >= 4 is 5.97 Å². The van der Waals surface area contributed by atoms with Gasteiger partial charge in [0.2, 0.25) is 0 Å². The Kier molecular flexibility index (Phi) is 7.45. The third kappa shape index (κ3) is 3.96. The van der Waals surface area contributed by atoms with Crippen LogP contribution in [-0.4, -0.2) is 67.6 Å². The largest absolute Gasteiger partial charge is 0.479 e. The van der Waals surface area contributed by atoms with E-state index in [1.807, 2.05) is 0 Å². The molecule has 9 N–H and O–H groups in total. The second kappa shape index (κ2) is 6.65. The maximum Gasteiger partial charge on any atom is 0.335 e. The van der Waals surface area contributed by atoms with Crippen molar-refractivity contribution in [2.24, 2.45) is 0 Å². The number of aliphatic hydroxyl groups excluding tert-OH is 5. The minimum Gasteiger partial charge on any atom is -0.479 e. The van der Waals surface area contributed by atoms with Crippen molar-refractivity contribution in [3.05, 3.63) is 0 Å². The first-order chi connectivity index (χ1) is 5.91. The molecule has 14 heavy (non-hydrogen) atoms. The van der Waals surface area contributed by atoms with Gasteiger partial charge < -0.3 is 36.8 Å². The van der Waals surface area contributed by atoms with Gasteiger partial charge in [0.25, 0.3) is 0 Å². The summed E-state index contributed by atoms with van der Waals surface area (Å²) in [6.45, 7) is -0.843. The molecule has 8 heteroatoms. The van der Waals surface area contributed by atoms with E-state index in [1.165, 1.54) is 0 Å². The summed E-state index contributed by atoms with van der Waals surface area (Å²) < 4.78 is 0. The van der Waals surface area contributed by atoms with Gasteiger partial charge >= 0.3 is 5.97 Å². The molecule has 0 aliphatic rings. The molecule has 86 valence electrons. The van der Waals surface area contributed by atoms with Crippen molar-refractivity contribution in [3.8, 4) is 0 Å². The molecular formula is C6H15NO7. The lowest BCUT2D eigenvalue weighted by Crippen LogP contribution is -2.48. The summed E-state index contributed by atoms with van der Waals surface area (Å²) in [5.41, 5.74) is 0. The van der Waals surface area contributed by atoms with E-state index in [0.717, 1.165) is 0 Å². The predicted molar refractivity (Wildman–Crippen MR) is 43.8 cm³/mol. The average Bonchev–Trinajstić information content (AvgIpc) is 2.12. The Morgan fingerprint density at radius 2 is 1.50 bits per heavy atom. The van der Waals surface area contributed by atoms with E-state index in [0.29, 0.717) is 0 Å². The number of hydrogen-bond donors (Lipinski definition) is 7. The molecule has 4 unspecified atom stereocenters. The van der Waals surface area contributed by atoms with Crippen molar-refractivity contribution in [1.82, 2.24) is 6.15 Å². The van der Waals surface area contributed by atoms with Gasteiger partial charge in [-0.15, -0.1) is 0 Å². The molecule has 0 aromatic heterocycles. The van der Waals surface area contributed by atoms with Crippen molar-refractivity contribution in [3.63, 3.8) is 0 Å². The van der Waals surface area contributed by atoms with Gasteiger partial charge in [0.1, 0.15) is 18.3 Å². The number of carboxylic acids is 1. The first kappa shape index (κ1) is 15.7. The van der Waals surface area contributed by atoms with E-state index in [2.05, 4.69) is 0 Å². The van der Waals surface area contributed by atoms with Gasteiger partial charge in [-0.3, -0.25) is 0 Å². The van der Waals surface area contributed by atoms with E-state index < -0.39 is 37.0 Å². The van der Waals surface area contributed by atoms with Gasteiger partial charge in [-0.05, 0) is 0 Å². The Morgan fingerprint density at radius 3 is 1.79 bits per heavy atom. The lowest BCUT2D eigenvalue weighted by Gasteiger charge is -2.23. The topological polar surface area (TPSA) is 173 Å². The SMILES string of the molecule is N.O=C(O)C(O)C(O)C(O)C(O)CO. The highest BCUT2D eigenvalue weighted by Crippen LogP contribution is 2.04.